The quantitative estimate of drug-likeness (QED) is 0.610. The van der Waals surface area contributed by atoms with Gasteiger partial charge in [0, 0.05) is 6.42 Å². The smallest absolute Gasteiger partial charge is 0.106 e. The molecule has 12 heavy (non-hydrogen) atoms. The first-order valence-electron chi connectivity index (χ1n) is 4.54. The molecule has 1 heterocycles. The van der Waals surface area contributed by atoms with Crippen LogP contribution in [-0.2, 0) is 4.74 Å². The molecule has 0 spiro atoms. The maximum absolute atomic E-state index is 9.55. The summed E-state index contributed by atoms with van der Waals surface area (Å²) >= 11 is 0. The Morgan fingerprint density at radius 1 is 1.33 bits per heavy atom. The summed E-state index contributed by atoms with van der Waals surface area (Å²) in [5, 5.41) is 19.0. The van der Waals surface area contributed by atoms with Gasteiger partial charge in [-0.3, -0.25) is 0 Å². The molecule has 0 bridgehead atoms. The van der Waals surface area contributed by atoms with Crippen LogP contribution in [0.1, 0.15) is 27.2 Å². The van der Waals surface area contributed by atoms with E-state index in [2.05, 4.69) is 0 Å². The molecule has 0 aliphatic carbocycles. The van der Waals surface area contributed by atoms with Crippen LogP contribution in [0.3, 0.4) is 0 Å². The Morgan fingerprint density at radius 3 is 2.42 bits per heavy atom. The molecule has 1 fully saturated rings. The first-order chi connectivity index (χ1) is 5.52. The standard InChI is InChI=1S/C9H18O3/c1-5(2)9-8(11)7(10)4-6(3)12-9/h5-11H,4H2,1-3H3/t6?,7?,8-,9-/m0/s1. The van der Waals surface area contributed by atoms with Crippen LogP contribution < -0.4 is 0 Å². The topological polar surface area (TPSA) is 49.7 Å². The fourth-order valence-corrected chi connectivity index (χ4v) is 1.65. The number of rotatable bonds is 1. The van der Waals surface area contributed by atoms with E-state index in [9.17, 15) is 10.2 Å². The Labute approximate surface area is 73.4 Å². The van der Waals surface area contributed by atoms with Gasteiger partial charge in [-0.25, -0.2) is 0 Å². The minimum absolute atomic E-state index is 0.0517. The third kappa shape index (κ3) is 1.97. The maximum Gasteiger partial charge on any atom is 0.106 e. The van der Waals surface area contributed by atoms with E-state index in [1.54, 1.807) is 0 Å². The second-order valence-corrected chi connectivity index (χ2v) is 3.95. The summed E-state index contributed by atoms with van der Waals surface area (Å²) in [4.78, 5) is 0. The zero-order valence-corrected chi connectivity index (χ0v) is 7.90. The normalized spacial score (nSPS) is 43.5. The van der Waals surface area contributed by atoms with Gasteiger partial charge in [-0.1, -0.05) is 13.8 Å². The van der Waals surface area contributed by atoms with Gasteiger partial charge in [0.15, 0.2) is 0 Å². The second-order valence-electron chi connectivity index (χ2n) is 3.95. The molecule has 0 saturated carbocycles. The molecule has 0 aromatic rings. The zero-order chi connectivity index (χ0) is 9.30. The van der Waals surface area contributed by atoms with Crippen LogP contribution in [0, 0.1) is 5.92 Å². The van der Waals surface area contributed by atoms with Crippen LogP contribution in [0.5, 0.6) is 0 Å². The van der Waals surface area contributed by atoms with Crippen molar-refractivity contribution in [3.8, 4) is 0 Å². The third-order valence-electron chi connectivity index (χ3n) is 2.35. The van der Waals surface area contributed by atoms with Crippen LogP contribution >= 0.6 is 0 Å². The van der Waals surface area contributed by atoms with Crippen LogP contribution in [0.15, 0.2) is 0 Å². The lowest BCUT2D eigenvalue weighted by atomic mass is 9.92. The van der Waals surface area contributed by atoms with E-state index in [4.69, 9.17) is 4.74 Å². The lowest BCUT2D eigenvalue weighted by Gasteiger charge is -2.37. The highest BCUT2D eigenvalue weighted by molar-refractivity contribution is 4.85. The van der Waals surface area contributed by atoms with Crippen LogP contribution in [0.2, 0.25) is 0 Å². The predicted octanol–water partition coefficient (Wildman–Crippen LogP) is 0.542. The molecule has 3 nitrogen and oxygen atoms in total. The van der Waals surface area contributed by atoms with Crippen molar-refractivity contribution in [3.05, 3.63) is 0 Å². The van der Waals surface area contributed by atoms with Gasteiger partial charge >= 0.3 is 0 Å². The fourth-order valence-electron chi connectivity index (χ4n) is 1.65. The van der Waals surface area contributed by atoms with Crippen molar-refractivity contribution in [2.45, 2.75) is 51.6 Å². The molecule has 2 unspecified atom stereocenters. The van der Waals surface area contributed by atoms with Crippen molar-refractivity contribution in [2.24, 2.45) is 5.92 Å². The SMILES string of the molecule is CC1CC(O)[C@H](O)[C@H](C(C)C)O1. The van der Waals surface area contributed by atoms with E-state index in [1.165, 1.54) is 0 Å². The van der Waals surface area contributed by atoms with Gasteiger partial charge in [-0.2, -0.15) is 0 Å². The minimum atomic E-state index is -0.721. The summed E-state index contributed by atoms with van der Waals surface area (Å²) in [5.74, 6) is 0.248. The van der Waals surface area contributed by atoms with Crippen molar-refractivity contribution in [3.63, 3.8) is 0 Å². The monoisotopic (exact) mass is 174 g/mol. The Morgan fingerprint density at radius 2 is 1.92 bits per heavy atom. The van der Waals surface area contributed by atoms with Gasteiger partial charge in [0.1, 0.15) is 6.10 Å². The highest BCUT2D eigenvalue weighted by atomic mass is 16.5. The molecule has 0 radical (unpaired) electrons. The summed E-state index contributed by atoms with van der Waals surface area (Å²) < 4.78 is 5.52. The van der Waals surface area contributed by atoms with Crippen molar-refractivity contribution < 1.29 is 14.9 Å². The summed E-state index contributed by atoms with van der Waals surface area (Å²) in [7, 11) is 0. The van der Waals surface area contributed by atoms with Gasteiger partial charge < -0.3 is 14.9 Å². The summed E-state index contributed by atoms with van der Waals surface area (Å²) in [6.07, 6.45) is -0.980. The Hall–Kier alpha value is -0.120. The van der Waals surface area contributed by atoms with Crippen molar-refractivity contribution in [1.29, 1.82) is 0 Å². The molecule has 2 N–H and O–H groups in total. The Bertz CT molecular complexity index is 147. The van der Waals surface area contributed by atoms with E-state index in [0.717, 1.165) is 0 Å². The van der Waals surface area contributed by atoms with E-state index in [1.807, 2.05) is 20.8 Å². The number of aliphatic hydroxyl groups is 2. The van der Waals surface area contributed by atoms with Crippen LogP contribution in [0.4, 0.5) is 0 Å². The maximum atomic E-state index is 9.55. The van der Waals surface area contributed by atoms with Gasteiger partial charge in [0.2, 0.25) is 0 Å². The number of ether oxygens (including phenoxy) is 1. The first-order valence-corrected chi connectivity index (χ1v) is 4.54. The molecule has 4 atom stereocenters. The first kappa shape index (κ1) is 9.96. The lowest BCUT2D eigenvalue weighted by Crippen LogP contribution is -2.49. The molecular weight excluding hydrogens is 156 g/mol. The average molecular weight is 174 g/mol. The molecule has 0 aromatic carbocycles. The number of hydrogen-bond donors (Lipinski definition) is 2. The molecule has 0 aromatic heterocycles. The molecule has 1 saturated heterocycles. The largest absolute Gasteiger partial charge is 0.390 e. The Kier molecular flexibility index (Phi) is 3.09. The summed E-state index contributed by atoms with van der Waals surface area (Å²) in [6, 6.07) is 0. The highest BCUT2D eigenvalue weighted by Gasteiger charge is 2.36. The van der Waals surface area contributed by atoms with Crippen molar-refractivity contribution >= 4 is 0 Å². The van der Waals surface area contributed by atoms with Crippen LogP contribution in [0.25, 0.3) is 0 Å². The number of aliphatic hydroxyl groups excluding tert-OH is 2. The third-order valence-corrected chi connectivity index (χ3v) is 2.35. The number of hydrogen-bond acceptors (Lipinski definition) is 3. The summed E-state index contributed by atoms with van der Waals surface area (Å²) in [6.45, 7) is 5.89. The molecule has 1 aliphatic rings. The van der Waals surface area contributed by atoms with Crippen molar-refractivity contribution in [2.75, 3.05) is 0 Å². The van der Waals surface area contributed by atoms with Gasteiger partial charge in [-0.05, 0) is 12.8 Å². The van der Waals surface area contributed by atoms with E-state index in [-0.39, 0.29) is 18.1 Å². The summed E-state index contributed by atoms with van der Waals surface area (Å²) in [5.41, 5.74) is 0. The fraction of sp³-hybridized carbons (Fsp3) is 1.00. The minimum Gasteiger partial charge on any atom is -0.390 e. The van der Waals surface area contributed by atoms with E-state index < -0.39 is 12.2 Å². The van der Waals surface area contributed by atoms with Crippen molar-refractivity contribution in [1.82, 2.24) is 0 Å². The van der Waals surface area contributed by atoms with Gasteiger partial charge in [-0.15, -0.1) is 0 Å². The van der Waals surface area contributed by atoms with E-state index >= 15 is 0 Å². The van der Waals surface area contributed by atoms with Gasteiger partial charge in [0.05, 0.1) is 18.3 Å². The second kappa shape index (κ2) is 3.73. The van der Waals surface area contributed by atoms with Crippen LogP contribution in [-0.4, -0.2) is 34.6 Å². The van der Waals surface area contributed by atoms with Gasteiger partial charge in [0.25, 0.3) is 0 Å². The zero-order valence-electron chi connectivity index (χ0n) is 7.90. The molecule has 3 heteroatoms. The molecular formula is C9H18O3. The molecule has 0 amide bonds. The lowest BCUT2D eigenvalue weighted by molar-refractivity contribution is -0.177. The Balaban J connectivity index is 2.60. The molecule has 1 rings (SSSR count). The average Bonchev–Trinajstić information content (AvgIpc) is 1.96. The molecule has 72 valence electrons. The molecule has 1 aliphatic heterocycles. The van der Waals surface area contributed by atoms with E-state index in [0.29, 0.717) is 6.42 Å². The predicted molar refractivity (Wildman–Crippen MR) is 45.8 cm³/mol. The highest BCUT2D eigenvalue weighted by Crippen LogP contribution is 2.24.